The first-order valence-electron chi connectivity index (χ1n) is 9.29. The molecule has 2 heterocycles. The van der Waals surface area contributed by atoms with Gasteiger partial charge in [0.25, 0.3) is 0 Å². The summed E-state index contributed by atoms with van der Waals surface area (Å²) in [7, 11) is 0. The Balaban J connectivity index is 1.76. The lowest BCUT2D eigenvalue weighted by atomic mass is 9.89. The summed E-state index contributed by atoms with van der Waals surface area (Å²) in [6.07, 6.45) is -0.172. The SMILES string of the molecule is NCCOCCOCCOc1ccnc(N[C@H]2CO[C@H](CO)[C@H](O)[C@@H]2CO)n1. The first-order valence-corrected chi connectivity index (χ1v) is 9.29. The highest BCUT2D eigenvalue weighted by atomic mass is 16.5. The molecule has 1 aromatic heterocycles. The fraction of sp³-hybridized carbons (Fsp3) is 0.765. The van der Waals surface area contributed by atoms with Gasteiger partial charge in [-0.3, -0.25) is 0 Å². The minimum Gasteiger partial charge on any atom is -0.475 e. The van der Waals surface area contributed by atoms with E-state index in [0.717, 1.165) is 0 Å². The third-order valence-electron chi connectivity index (χ3n) is 4.27. The average Bonchev–Trinajstić information content (AvgIpc) is 2.71. The van der Waals surface area contributed by atoms with Crippen molar-refractivity contribution in [3.05, 3.63) is 12.3 Å². The van der Waals surface area contributed by atoms with Crippen molar-refractivity contribution in [1.29, 1.82) is 0 Å². The van der Waals surface area contributed by atoms with Gasteiger partial charge >= 0.3 is 0 Å². The number of aliphatic hydroxyl groups is 3. The van der Waals surface area contributed by atoms with Gasteiger partial charge in [-0.1, -0.05) is 0 Å². The minimum atomic E-state index is -0.994. The van der Waals surface area contributed by atoms with Crippen LogP contribution in [0.15, 0.2) is 12.3 Å². The zero-order chi connectivity index (χ0) is 20.2. The van der Waals surface area contributed by atoms with Gasteiger partial charge in [-0.2, -0.15) is 4.98 Å². The molecule has 1 saturated heterocycles. The van der Waals surface area contributed by atoms with Gasteiger partial charge in [-0.25, -0.2) is 4.98 Å². The van der Waals surface area contributed by atoms with Crippen LogP contribution in [0.1, 0.15) is 0 Å². The molecule has 0 unspecified atom stereocenters. The number of hydrogen-bond donors (Lipinski definition) is 5. The Morgan fingerprint density at radius 3 is 2.61 bits per heavy atom. The van der Waals surface area contributed by atoms with Crippen LogP contribution < -0.4 is 15.8 Å². The van der Waals surface area contributed by atoms with Crippen molar-refractivity contribution in [2.45, 2.75) is 18.2 Å². The Hall–Kier alpha value is -1.60. The maximum atomic E-state index is 10.2. The van der Waals surface area contributed by atoms with E-state index in [2.05, 4.69) is 15.3 Å². The second-order valence-electron chi connectivity index (χ2n) is 6.22. The maximum Gasteiger partial charge on any atom is 0.226 e. The molecule has 28 heavy (non-hydrogen) atoms. The van der Waals surface area contributed by atoms with Crippen LogP contribution in [0.4, 0.5) is 5.95 Å². The van der Waals surface area contributed by atoms with Crippen LogP contribution in [0.5, 0.6) is 5.88 Å². The molecule has 0 radical (unpaired) electrons. The van der Waals surface area contributed by atoms with Gasteiger partial charge in [0, 0.05) is 24.7 Å². The van der Waals surface area contributed by atoms with Gasteiger partial charge < -0.3 is 45.3 Å². The number of aromatic nitrogens is 2. The van der Waals surface area contributed by atoms with Crippen molar-refractivity contribution in [2.24, 2.45) is 11.7 Å². The summed E-state index contributed by atoms with van der Waals surface area (Å²) >= 11 is 0. The summed E-state index contributed by atoms with van der Waals surface area (Å²) < 4.78 is 21.5. The number of aliphatic hydroxyl groups excluding tert-OH is 3. The fourth-order valence-electron chi connectivity index (χ4n) is 2.78. The van der Waals surface area contributed by atoms with Crippen LogP contribution in [-0.4, -0.2) is 103 Å². The van der Waals surface area contributed by atoms with E-state index in [1.54, 1.807) is 6.07 Å². The quantitative estimate of drug-likeness (QED) is 0.232. The number of nitrogens with two attached hydrogens (primary N) is 1. The van der Waals surface area contributed by atoms with Crippen LogP contribution in [0.3, 0.4) is 0 Å². The van der Waals surface area contributed by atoms with Crippen molar-refractivity contribution >= 4 is 5.95 Å². The maximum absolute atomic E-state index is 10.2. The molecule has 0 aromatic carbocycles. The highest BCUT2D eigenvalue weighted by Crippen LogP contribution is 2.23. The average molecular weight is 402 g/mol. The first kappa shape index (κ1) is 22.7. The summed E-state index contributed by atoms with van der Waals surface area (Å²) in [5, 5.41) is 32.0. The topological polar surface area (TPSA) is 161 Å². The normalized spacial score (nSPS) is 24.9. The van der Waals surface area contributed by atoms with Crippen LogP contribution in [0, 0.1) is 5.92 Å². The molecule has 0 amide bonds. The monoisotopic (exact) mass is 402 g/mol. The molecule has 1 aromatic rings. The van der Waals surface area contributed by atoms with E-state index in [9.17, 15) is 15.3 Å². The van der Waals surface area contributed by atoms with Gasteiger partial charge in [0.2, 0.25) is 11.8 Å². The molecule has 0 spiro atoms. The Morgan fingerprint density at radius 2 is 1.89 bits per heavy atom. The Bertz CT molecular complexity index is 554. The second kappa shape index (κ2) is 12.8. The van der Waals surface area contributed by atoms with Crippen molar-refractivity contribution < 1.29 is 34.3 Å². The molecule has 1 aliphatic heterocycles. The largest absolute Gasteiger partial charge is 0.475 e. The van der Waals surface area contributed by atoms with Crippen LogP contribution in [0.25, 0.3) is 0 Å². The van der Waals surface area contributed by atoms with Crippen LogP contribution in [0.2, 0.25) is 0 Å². The van der Waals surface area contributed by atoms with Crippen LogP contribution >= 0.6 is 0 Å². The molecule has 11 nitrogen and oxygen atoms in total. The highest BCUT2D eigenvalue weighted by Gasteiger charge is 2.39. The Kier molecular flexibility index (Phi) is 10.4. The van der Waals surface area contributed by atoms with E-state index in [-0.39, 0.29) is 25.8 Å². The van der Waals surface area contributed by atoms with Crippen molar-refractivity contribution in [2.75, 3.05) is 64.7 Å². The number of hydrogen-bond acceptors (Lipinski definition) is 11. The van der Waals surface area contributed by atoms with Gasteiger partial charge in [-0.05, 0) is 0 Å². The minimum absolute atomic E-state index is 0.196. The van der Waals surface area contributed by atoms with E-state index in [1.807, 2.05) is 0 Å². The van der Waals surface area contributed by atoms with Gasteiger partial charge in [0.1, 0.15) is 12.7 Å². The standard InChI is InChI=1S/C17H30N4O7/c18-2-4-25-5-6-26-7-8-27-15-1-3-19-17(21-15)20-13-11-28-14(10-23)16(24)12(13)9-22/h1,3,12-14,16,22-24H,2,4-11,18H2,(H,19,20,21)/t12-,13+,14-,16-/m1/s1. The molecule has 4 atom stereocenters. The van der Waals surface area contributed by atoms with E-state index < -0.39 is 24.2 Å². The number of rotatable bonds is 13. The lowest BCUT2D eigenvalue weighted by Crippen LogP contribution is -2.54. The van der Waals surface area contributed by atoms with Gasteiger partial charge in [0.05, 0.1) is 58.4 Å². The van der Waals surface area contributed by atoms with E-state index in [4.69, 9.17) is 24.7 Å². The number of anilines is 1. The molecule has 6 N–H and O–H groups in total. The van der Waals surface area contributed by atoms with Crippen molar-refractivity contribution in [3.8, 4) is 5.88 Å². The third kappa shape index (κ3) is 7.09. The first-order chi connectivity index (χ1) is 13.7. The van der Waals surface area contributed by atoms with E-state index in [0.29, 0.717) is 45.5 Å². The summed E-state index contributed by atoms with van der Waals surface area (Å²) in [5.74, 6) is 0.135. The van der Waals surface area contributed by atoms with Crippen molar-refractivity contribution in [3.63, 3.8) is 0 Å². The summed E-state index contributed by atoms with van der Waals surface area (Å²) in [4.78, 5) is 8.38. The molecule has 11 heteroatoms. The summed E-state index contributed by atoms with van der Waals surface area (Å²) in [6, 6.07) is 1.21. The molecule has 2 rings (SSSR count). The summed E-state index contributed by atoms with van der Waals surface area (Å²) in [6.45, 7) is 2.26. The smallest absolute Gasteiger partial charge is 0.226 e. The number of nitrogens with zero attached hydrogens (tertiary/aromatic N) is 2. The highest BCUT2D eigenvalue weighted by molar-refractivity contribution is 5.29. The Morgan fingerprint density at radius 1 is 1.14 bits per heavy atom. The lowest BCUT2D eigenvalue weighted by molar-refractivity contribution is -0.135. The van der Waals surface area contributed by atoms with E-state index >= 15 is 0 Å². The molecule has 160 valence electrons. The molecule has 1 aliphatic rings. The molecule has 1 fully saturated rings. The zero-order valence-corrected chi connectivity index (χ0v) is 15.8. The number of ether oxygens (including phenoxy) is 4. The predicted octanol–water partition coefficient (Wildman–Crippen LogP) is -2.01. The third-order valence-corrected chi connectivity index (χ3v) is 4.27. The van der Waals surface area contributed by atoms with Crippen molar-refractivity contribution in [1.82, 2.24) is 9.97 Å². The zero-order valence-electron chi connectivity index (χ0n) is 15.8. The summed E-state index contributed by atoms with van der Waals surface area (Å²) in [5.41, 5.74) is 5.32. The number of nitrogens with one attached hydrogen (secondary N) is 1. The molecular weight excluding hydrogens is 372 g/mol. The molecular formula is C17H30N4O7. The predicted molar refractivity (Wildman–Crippen MR) is 99.0 cm³/mol. The molecule has 0 bridgehead atoms. The van der Waals surface area contributed by atoms with Gasteiger partial charge in [0.15, 0.2) is 0 Å². The lowest BCUT2D eigenvalue weighted by Gasteiger charge is -2.39. The second-order valence-corrected chi connectivity index (χ2v) is 6.22. The van der Waals surface area contributed by atoms with Gasteiger partial charge in [-0.15, -0.1) is 0 Å². The van der Waals surface area contributed by atoms with Crippen LogP contribution in [-0.2, 0) is 14.2 Å². The fourth-order valence-corrected chi connectivity index (χ4v) is 2.78. The molecule has 0 saturated carbocycles. The Labute approximate surface area is 163 Å². The van der Waals surface area contributed by atoms with E-state index in [1.165, 1.54) is 6.20 Å². The molecule has 0 aliphatic carbocycles.